The molecule has 0 N–H and O–H groups in total. The number of hydrogen-bond donors (Lipinski definition) is 0. The summed E-state index contributed by atoms with van der Waals surface area (Å²) in [4.78, 5) is 23.8. The van der Waals surface area contributed by atoms with Gasteiger partial charge in [-0.05, 0) is 48.5 Å². The van der Waals surface area contributed by atoms with Crippen LogP contribution in [0.25, 0.3) is 0 Å². The van der Waals surface area contributed by atoms with Gasteiger partial charge in [-0.3, -0.25) is 14.2 Å². The van der Waals surface area contributed by atoms with Crippen LogP contribution in [0.2, 0.25) is 0 Å². The zero-order chi connectivity index (χ0) is 16.8. The third-order valence-electron chi connectivity index (χ3n) is 2.68. The zero-order valence-corrected chi connectivity index (χ0v) is 14.8. The minimum absolute atomic E-state index is 0.149. The van der Waals surface area contributed by atoms with E-state index >= 15 is 0 Å². The molecule has 0 saturated carbocycles. The Morgan fingerprint density at radius 2 is 1.43 bits per heavy atom. The highest BCUT2D eigenvalue weighted by Gasteiger charge is 2.45. The fourth-order valence-corrected chi connectivity index (χ4v) is 4.23. The van der Waals surface area contributed by atoms with E-state index in [2.05, 4.69) is 0 Å². The van der Waals surface area contributed by atoms with Gasteiger partial charge in [0.2, 0.25) is 0 Å². The average Bonchev–Trinajstić information content (AvgIpc) is 2.26. The van der Waals surface area contributed by atoms with Crippen LogP contribution in [0.3, 0.4) is 0 Å². The molecular formula is C14H27O6P. The maximum atomic E-state index is 13.0. The molecule has 0 radical (unpaired) electrons. The van der Waals surface area contributed by atoms with Crippen molar-refractivity contribution in [2.75, 3.05) is 6.61 Å². The summed E-state index contributed by atoms with van der Waals surface area (Å²) in [5, 5.41) is 0. The topological polar surface area (TPSA) is 78.9 Å². The lowest BCUT2D eigenvalue weighted by Crippen LogP contribution is -2.35. The molecule has 0 aliphatic rings. The second-order valence-electron chi connectivity index (χ2n) is 5.43. The molecule has 7 heteroatoms. The van der Waals surface area contributed by atoms with E-state index in [0.29, 0.717) is 0 Å². The van der Waals surface area contributed by atoms with Gasteiger partial charge in [-0.15, -0.1) is 0 Å². The zero-order valence-electron chi connectivity index (χ0n) is 13.9. The second-order valence-corrected chi connectivity index (χ2v) is 7.74. The molecule has 0 amide bonds. The number of hydrogen-bond acceptors (Lipinski definition) is 6. The highest BCUT2D eigenvalue weighted by Crippen LogP contribution is 2.57. The molecule has 6 nitrogen and oxygen atoms in total. The molecule has 2 unspecified atom stereocenters. The van der Waals surface area contributed by atoms with Crippen LogP contribution in [-0.2, 0) is 27.9 Å². The summed E-state index contributed by atoms with van der Waals surface area (Å²) in [7, 11) is -3.63. The number of carbonyl (C=O) groups is 2. The molecule has 0 heterocycles. The van der Waals surface area contributed by atoms with Crippen molar-refractivity contribution in [2.24, 2.45) is 5.92 Å². The molecule has 0 aliphatic carbocycles. The summed E-state index contributed by atoms with van der Waals surface area (Å²) in [6.07, 6.45) is -0.710. The Hall–Kier alpha value is -0.710. The molecular weight excluding hydrogens is 295 g/mol. The molecule has 0 aromatic carbocycles. The molecule has 0 aromatic rings. The van der Waals surface area contributed by atoms with Crippen LogP contribution in [0, 0.1) is 5.92 Å². The van der Waals surface area contributed by atoms with Crippen molar-refractivity contribution in [1.82, 2.24) is 0 Å². The Morgan fingerprint density at radius 1 is 1.00 bits per heavy atom. The number of Topliss-reactive ketones (excluding diaryl/α,β-unsaturated/α-hetero) is 1. The van der Waals surface area contributed by atoms with Gasteiger partial charge < -0.3 is 13.8 Å². The summed E-state index contributed by atoms with van der Waals surface area (Å²) < 4.78 is 28.8. The van der Waals surface area contributed by atoms with E-state index in [1.165, 1.54) is 13.8 Å². The van der Waals surface area contributed by atoms with Crippen LogP contribution in [0.1, 0.15) is 48.5 Å². The molecule has 0 fully saturated rings. The minimum Gasteiger partial charge on any atom is -0.465 e. The monoisotopic (exact) mass is 322 g/mol. The van der Waals surface area contributed by atoms with E-state index in [1.54, 1.807) is 34.6 Å². The van der Waals surface area contributed by atoms with Crippen molar-refractivity contribution < 1.29 is 27.9 Å². The lowest BCUT2D eigenvalue weighted by molar-refractivity contribution is -0.151. The average molecular weight is 322 g/mol. The highest BCUT2D eigenvalue weighted by atomic mass is 31.2. The summed E-state index contributed by atoms with van der Waals surface area (Å²) in [5.74, 6) is -2.27. The van der Waals surface area contributed by atoms with Crippen LogP contribution < -0.4 is 0 Å². The summed E-state index contributed by atoms with van der Waals surface area (Å²) >= 11 is 0. The highest BCUT2D eigenvalue weighted by molar-refractivity contribution is 7.54. The van der Waals surface area contributed by atoms with E-state index < -0.39 is 30.9 Å². The molecule has 124 valence electrons. The van der Waals surface area contributed by atoms with Gasteiger partial charge in [0.05, 0.1) is 24.5 Å². The normalized spacial score (nSPS) is 15.1. The smallest absolute Gasteiger partial charge is 0.335 e. The van der Waals surface area contributed by atoms with Crippen LogP contribution in [0.5, 0.6) is 0 Å². The van der Waals surface area contributed by atoms with Gasteiger partial charge >= 0.3 is 13.6 Å². The number of ether oxygens (including phenoxy) is 1. The fraction of sp³-hybridized carbons (Fsp3) is 0.857. The largest absolute Gasteiger partial charge is 0.465 e. The fourth-order valence-electron chi connectivity index (χ4n) is 1.92. The molecule has 0 rings (SSSR count). The quantitative estimate of drug-likeness (QED) is 0.368. The van der Waals surface area contributed by atoms with E-state index in [9.17, 15) is 14.2 Å². The second kappa shape index (κ2) is 8.66. The summed E-state index contributed by atoms with van der Waals surface area (Å²) in [6, 6.07) is 0. The van der Waals surface area contributed by atoms with E-state index in [4.69, 9.17) is 13.8 Å². The van der Waals surface area contributed by atoms with Gasteiger partial charge in [-0.2, -0.15) is 0 Å². The third-order valence-corrected chi connectivity index (χ3v) is 5.40. The van der Waals surface area contributed by atoms with Crippen molar-refractivity contribution in [3.05, 3.63) is 0 Å². The Morgan fingerprint density at radius 3 is 1.71 bits per heavy atom. The number of esters is 1. The number of rotatable bonds is 9. The first-order valence-corrected chi connectivity index (χ1v) is 8.79. The lowest BCUT2D eigenvalue weighted by atomic mass is 10.0. The van der Waals surface area contributed by atoms with Crippen LogP contribution in [0.4, 0.5) is 0 Å². The molecule has 0 aromatic heterocycles. The van der Waals surface area contributed by atoms with E-state index in [-0.39, 0.29) is 18.8 Å². The predicted molar refractivity (Wildman–Crippen MR) is 80.3 cm³/mol. The molecule has 0 saturated heterocycles. The molecule has 0 aliphatic heterocycles. The summed E-state index contributed by atoms with van der Waals surface area (Å²) in [5.41, 5.74) is -0.904. The first-order chi connectivity index (χ1) is 9.55. The van der Waals surface area contributed by atoms with Crippen LogP contribution in [0.15, 0.2) is 0 Å². The Bertz CT molecular complexity index is 390. The van der Waals surface area contributed by atoms with E-state index in [1.807, 2.05) is 0 Å². The predicted octanol–water partition coefficient (Wildman–Crippen LogP) is 3.19. The maximum absolute atomic E-state index is 13.0. The van der Waals surface area contributed by atoms with Gasteiger partial charge in [0.15, 0.2) is 0 Å². The van der Waals surface area contributed by atoms with Gasteiger partial charge in [0.1, 0.15) is 11.7 Å². The maximum Gasteiger partial charge on any atom is 0.335 e. The summed E-state index contributed by atoms with van der Waals surface area (Å²) in [6.45, 7) is 11.5. The third kappa shape index (κ3) is 6.29. The van der Waals surface area contributed by atoms with Crippen molar-refractivity contribution in [2.45, 2.75) is 66.3 Å². The van der Waals surface area contributed by atoms with Crippen molar-refractivity contribution in [1.29, 1.82) is 0 Å². The number of ketones is 1. The van der Waals surface area contributed by atoms with Crippen LogP contribution in [-0.4, -0.2) is 36.2 Å². The Kier molecular flexibility index (Phi) is 8.37. The first-order valence-electron chi connectivity index (χ1n) is 7.18. The van der Waals surface area contributed by atoms with Gasteiger partial charge in [0, 0.05) is 0 Å². The minimum atomic E-state index is -3.63. The van der Waals surface area contributed by atoms with Crippen molar-refractivity contribution in [3.63, 3.8) is 0 Å². The van der Waals surface area contributed by atoms with Crippen molar-refractivity contribution in [3.8, 4) is 0 Å². The number of carbonyl (C=O) groups excluding carboxylic acids is 2. The van der Waals surface area contributed by atoms with Gasteiger partial charge in [0.25, 0.3) is 0 Å². The Labute approximate surface area is 127 Å². The molecule has 0 bridgehead atoms. The van der Waals surface area contributed by atoms with E-state index in [0.717, 1.165) is 0 Å². The van der Waals surface area contributed by atoms with Crippen molar-refractivity contribution >= 4 is 19.3 Å². The van der Waals surface area contributed by atoms with Gasteiger partial charge in [-0.25, -0.2) is 0 Å². The van der Waals surface area contributed by atoms with Crippen LogP contribution >= 0.6 is 7.60 Å². The SMILES string of the molecule is CCOC(=O)C(C(C)=O)C(C)P(=O)(OC(C)C)OC(C)C. The molecule has 2 atom stereocenters. The molecule has 0 spiro atoms. The standard InChI is InChI=1S/C14H27O6P/c1-8-18-14(16)13(11(6)15)12(7)21(17,19-9(2)3)20-10(4)5/h9-10,12-13H,8H2,1-7H3. The molecule has 21 heavy (non-hydrogen) atoms. The first kappa shape index (κ1) is 20.3. The Balaban J connectivity index is 5.48. The van der Waals surface area contributed by atoms with Gasteiger partial charge in [-0.1, -0.05) is 0 Å². The lowest BCUT2D eigenvalue weighted by Gasteiger charge is -2.30.